The van der Waals surface area contributed by atoms with Crippen molar-refractivity contribution in [1.82, 2.24) is 0 Å². The molecule has 4 nitrogen and oxygen atoms in total. The first-order chi connectivity index (χ1) is 14.2. The van der Waals surface area contributed by atoms with Crippen LogP contribution >= 0.6 is 9.69 Å². The van der Waals surface area contributed by atoms with Gasteiger partial charge in [0, 0.05) is 5.69 Å². The van der Waals surface area contributed by atoms with Gasteiger partial charge < -0.3 is 10.5 Å². The molecule has 0 saturated heterocycles. The van der Waals surface area contributed by atoms with Gasteiger partial charge in [-0.05, 0) is 43.5 Å². The van der Waals surface area contributed by atoms with Crippen LogP contribution in [-0.4, -0.2) is 8.42 Å². The zero-order valence-electron chi connectivity index (χ0n) is 17.5. The molecular formula is C23H27ClN2O2RuS. The minimum atomic E-state index is -3.71. The molecule has 3 aromatic rings. The Bertz CT molecular complexity index is 1010. The average Bonchev–Trinajstić information content (AvgIpc) is 2.72. The first-order valence-electron chi connectivity index (χ1n) is 9.28. The summed E-state index contributed by atoms with van der Waals surface area (Å²) in [5, 5.41) is 0. The summed E-state index contributed by atoms with van der Waals surface area (Å²) in [6, 6.07) is 21.9. The van der Waals surface area contributed by atoms with Gasteiger partial charge >= 0.3 is 27.0 Å². The third-order valence-corrected chi connectivity index (χ3v) is 5.52. The first kappa shape index (κ1) is 26.2. The van der Waals surface area contributed by atoms with E-state index in [0.29, 0.717) is 11.6 Å². The van der Waals surface area contributed by atoms with Crippen LogP contribution in [0.3, 0.4) is 0 Å². The van der Waals surface area contributed by atoms with Crippen LogP contribution in [0.5, 0.6) is 0 Å². The normalized spacial score (nSPS) is 10.4. The van der Waals surface area contributed by atoms with Crippen LogP contribution in [0.4, 0.5) is 11.4 Å². The fraction of sp³-hybridized carbons (Fsp3) is 0.217. The van der Waals surface area contributed by atoms with Crippen LogP contribution in [0.15, 0.2) is 77.7 Å². The van der Waals surface area contributed by atoms with Crippen molar-refractivity contribution in [3.63, 3.8) is 0 Å². The summed E-state index contributed by atoms with van der Waals surface area (Å²) in [6.07, 6.45) is 0. The number of hydrogen-bond donors (Lipinski definition) is 1. The molecule has 162 valence electrons. The molecule has 0 aliphatic rings. The Labute approximate surface area is 194 Å². The van der Waals surface area contributed by atoms with E-state index in [0.717, 1.165) is 5.56 Å². The molecule has 2 N–H and O–H groups in total. The number of benzene rings is 3. The van der Waals surface area contributed by atoms with Crippen molar-refractivity contribution in [3.05, 3.63) is 94.2 Å². The monoisotopic (exact) mass is 532 g/mol. The number of nitrogen functional groups attached to an aromatic ring is 1. The average molecular weight is 532 g/mol. The van der Waals surface area contributed by atoms with Crippen molar-refractivity contribution in [2.45, 2.75) is 38.5 Å². The topological polar surface area (TPSA) is 74.3 Å². The molecule has 3 aromatic carbocycles. The van der Waals surface area contributed by atoms with Crippen LogP contribution in [0, 0.1) is 13.8 Å². The molecule has 0 heterocycles. The zero-order chi connectivity index (χ0) is 22.7. The number of para-hydroxylation sites is 1. The van der Waals surface area contributed by atoms with E-state index in [1.165, 1.54) is 23.3 Å². The van der Waals surface area contributed by atoms with E-state index in [-0.39, 0.29) is 10.6 Å². The Kier molecular flexibility index (Phi) is 11.1. The summed E-state index contributed by atoms with van der Waals surface area (Å²) in [5.74, 6) is 0.653. The summed E-state index contributed by atoms with van der Waals surface area (Å²) in [6.45, 7) is 8.43. The molecule has 0 spiro atoms. The Morgan fingerprint density at radius 3 is 1.77 bits per heavy atom. The number of aryl methyl sites for hydroxylation is 2. The summed E-state index contributed by atoms with van der Waals surface area (Å²) in [5.41, 5.74) is 10.0. The third kappa shape index (κ3) is 8.47. The van der Waals surface area contributed by atoms with E-state index in [2.05, 4.69) is 59.4 Å². The number of sulfonamides is 1. The fourth-order valence-electron chi connectivity index (χ4n) is 2.41. The second-order valence-corrected chi connectivity index (χ2v) is 8.61. The van der Waals surface area contributed by atoms with Crippen molar-refractivity contribution >= 4 is 31.1 Å². The molecule has 0 aromatic heterocycles. The molecule has 0 aliphatic carbocycles. The van der Waals surface area contributed by atoms with Gasteiger partial charge in [0.25, 0.3) is 0 Å². The molecule has 3 rings (SSSR count). The molecule has 0 saturated carbocycles. The van der Waals surface area contributed by atoms with Crippen LogP contribution in [0.1, 0.15) is 36.5 Å². The maximum atomic E-state index is 12.0. The molecular weight excluding hydrogens is 505 g/mol. The Morgan fingerprint density at radius 1 is 0.833 bits per heavy atom. The number of rotatable bonds is 4. The van der Waals surface area contributed by atoms with Crippen molar-refractivity contribution in [3.8, 4) is 0 Å². The van der Waals surface area contributed by atoms with Gasteiger partial charge in [-0.25, -0.2) is 8.42 Å². The molecule has 0 atom stereocenters. The van der Waals surface area contributed by atoms with Crippen molar-refractivity contribution in [2.75, 3.05) is 5.73 Å². The third-order valence-electron chi connectivity index (χ3n) is 4.22. The summed E-state index contributed by atoms with van der Waals surface area (Å²) in [7, 11) is 0.861. The number of nitrogens with two attached hydrogens (primary N) is 1. The van der Waals surface area contributed by atoms with Gasteiger partial charge in [-0.15, -0.1) is 5.69 Å². The fourth-order valence-corrected chi connectivity index (χ4v) is 3.43. The van der Waals surface area contributed by atoms with Gasteiger partial charge in [0.1, 0.15) is 10.0 Å². The number of halogens is 1. The number of hydrogen-bond acceptors (Lipinski definition) is 3. The predicted octanol–water partition coefficient (Wildman–Crippen LogP) is 6.78. The van der Waals surface area contributed by atoms with E-state index in [1.54, 1.807) is 36.4 Å². The maximum absolute atomic E-state index is 12.0. The van der Waals surface area contributed by atoms with Gasteiger partial charge in [0.15, 0.2) is 0 Å². The minimum absolute atomic E-state index is 0.163. The second kappa shape index (κ2) is 12.7. The molecule has 0 fully saturated rings. The SMILES string of the molecule is Cc1ccc(C(C)C)cc1.Cc1ccc(S(=O)(=O)[N-]c2ccccc2N)cc1.[Cl][Ru+]. The van der Waals surface area contributed by atoms with Crippen LogP contribution in [0.2, 0.25) is 0 Å². The Hall–Kier alpha value is -1.88. The summed E-state index contributed by atoms with van der Waals surface area (Å²) < 4.78 is 27.8. The van der Waals surface area contributed by atoms with Crippen molar-refractivity contribution in [1.29, 1.82) is 0 Å². The Balaban J connectivity index is 0.000000318. The van der Waals surface area contributed by atoms with Crippen molar-refractivity contribution < 1.29 is 25.7 Å². The van der Waals surface area contributed by atoms with Crippen LogP contribution in [-0.2, 0) is 27.3 Å². The molecule has 0 unspecified atom stereocenters. The Morgan fingerprint density at radius 2 is 1.30 bits per heavy atom. The van der Waals surface area contributed by atoms with Gasteiger partial charge in [-0.2, -0.15) is 0 Å². The van der Waals surface area contributed by atoms with E-state index >= 15 is 0 Å². The van der Waals surface area contributed by atoms with E-state index in [1.807, 2.05) is 24.2 Å². The molecule has 0 aliphatic heterocycles. The number of anilines is 1. The second-order valence-electron chi connectivity index (χ2n) is 7.00. The molecule has 0 amide bonds. The molecule has 0 bridgehead atoms. The van der Waals surface area contributed by atoms with Gasteiger partial charge in [-0.1, -0.05) is 79.6 Å². The van der Waals surface area contributed by atoms with E-state index in [4.69, 9.17) is 5.73 Å². The molecule has 0 radical (unpaired) electrons. The summed E-state index contributed by atoms with van der Waals surface area (Å²) >= 11 is 1.82. The van der Waals surface area contributed by atoms with Gasteiger partial charge in [-0.3, -0.25) is 0 Å². The van der Waals surface area contributed by atoms with Crippen LogP contribution in [0.25, 0.3) is 4.72 Å². The predicted molar refractivity (Wildman–Crippen MR) is 123 cm³/mol. The van der Waals surface area contributed by atoms with Crippen LogP contribution < -0.4 is 5.73 Å². The van der Waals surface area contributed by atoms with Gasteiger partial charge in [0.2, 0.25) is 0 Å². The standard InChI is InChI=1S/C13H13N2O2S.C10H14.ClH.Ru/c1-10-6-8-11(9-7-10)18(16,17)15-13-5-3-2-4-12(13)14;1-8(2)10-6-4-9(3)5-7-10;;/h2-9H,14H2,1H3;4-8H,1-3H3;1H;/q-1;;;+2/p-1. The first-order valence-corrected chi connectivity index (χ1v) is 13.0. The summed E-state index contributed by atoms with van der Waals surface area (Å²) in [4.78, 5) is 0.163. The molecule has 7 heteroatoms. The zero-order valence-corrected chi connectivity index (χ0v) is 20.8. The van der Waals surface area contributed by atoms with E-state index < -0.39 is 10.0 Å². The quantitative estimate of drug-likeness (QED) is 0.298. The molecule has 30 heavy (non-hydrogen) atoms. The van der Waals surface area contributed by atoms with Crippen molar-refractivity contribution in [2.24, 2.45) is 0 Å². The van der Waals surface area contributed by atoms with E-state index in [9.17, 15) is 8.42 Å². The van der Waals surface area contributed by atoms with Gasteiger partial charge in [0.05, 0.1) is 4.90 Å². The number of nitrogens with zero attached hydrogens (tertiary/aromatic N) is 1.